The van der Waals surface area contributed by atoms with Crippen molar-refractivity contribution in [3.63, 3.8) is 0 Å². The summed E-state index contributed by atoms with van der Waals surface area (Å²) in [7, 11) is 7.51. The first-order valence-corrected chi connectivity index (χ1v) is 42.0. The summed E-state index contributed by atoms with van der Waals surface area (Å²) in [6.45, 7) is 28.3. The van der Waals surface area contributed by atoms with E-state index in [1.54, 1.807) is 48.0 Å². The maximum Gasteiger partial charge on any atom is 0.573 e. The Morgan fingerprint density at radius 3 is 1.34 bits per heavy atom. The van der Waals surface area contributed by atoms with E-state index in [-0.39, 0.29) is 112 Å². The number of hydrogen-bond donors (Lipinski definition) is 0. The van der Waals surface area contributed by atoms with Crippen LogP contribution in [0.3, 0.4) is 0 Å². The standard InChI is InChI=1S/C34H41N3O5.C33H39N3O5.C29H29F5N4O4/c1-21-15-22(2)17-24(16-21)32-23(3)37(33(39)42-32)20-28-26(10-12-30(35-28)36-13-8-14-36)27-18-25(9-11-29(27)40-6)34(4,5)19-31(38)41-7;1-21-9-7-10-23(17-21)31-22(2)36(32(38)41-31)20-27-25(12-14-29(34-27)35-15-8-16-35)26-18-24(11-13-28(26)39-5)33(3,4)19-30(37)40-6;1-15(2)20-9-21(25(40-4)10-23(20)31)22-11-35-27(37-12-18(30)13-37)36-24(22)14-38-16(3)26(41-28(38)39)17-6-5-7-19(8-17)42-29(32,33)34/h9-12,15-18,23,32H,8,13-14,19-20H2,1-7H3;7,9-14,17-18,22,31H,8,15-16,19-20H2,1-6H3;5-11,15-16,18,26H,12-14H2,1-4H3/t23-,32-;22-,31-;16-,26-/m000/s1. The molecule has 0 N–H and O–H groups in total. The SMILES string of the molecule is COC(=O)CC(C)(C)c1ccc(OC)c(-c2ccc(N3CCC3)nc2CN2C(=O)O[C@H](c3cc(C)cc(C)c3)[C@@H]2C)c1.COC(=O)CC(C)(C)c1ccc(OC)c(-c2ccc(N3CCC3)nc2CN2C(=O)O[C@H](c3cccc(C)c3)[C@@H]2C)c1.COc1cc(F)c(C(C)C)cc1-c1cnc(N2CC(F)C2)nc1CN1C(=O)O[C@H](c2cccc(OC(F)(F)F)c2)[C@@H]1C. The zero-order chi connectivity index (χ0) is 89.8. The number of halogens is 5. The third-order valence-electron chi connectivity index (χ3n) is 24.2. The first-order valence-electron chi connectivity index (χ1n) is 42.0. The topological polar surface area (TPSA) is 239 Å². The second kappa shape index (κ2) is 37.6. The summed E-state index contributed by atoms with van der Waals surface area (Å²) in [5.41, 5.74) is 13.5. The van der Waals surface area contributed by atoms with Crippen molar-refractivity contribution < 1.29 is 88.6 Å². The number of cyclic esters (lactones) is 3. The van der Waals surface area contributed by atoms with Gasteiger partial charge in [-0.15, -0.1) is 13.2 Å². The van der Waals surface area contributed by atoms with Crippen molar-refractivity contribution >= 4 is 47.8 Å². The lowest BCUT2D eigenvalue weighted by atomic mass is 9.80. The number of alkyl halides is 4. The van der Waals surface area contributed by atoms with Crippen molar-refractivity contribution in [3.8, 4) is 56.4 Å². The molecule has 662 valence electrons. The Labute approximate surface area is 726 Å². The number of carbonyl (C=O) groups is 5. The summed E-state index contributed by atoms with van der Waals surface area (Å²) in [6, 6.07) is 41.8. The van der Waals surface area contributed by atoms with E-state index in [2.05, 4.69) is 86.9 Å². The molecule has 15 rings (SSSR count). The van der Waals surface area contributed by atoms with Gasteiger partial charge in [0.1, 0.15) is 64.9 Å². The molecule has 6 fully saturated rings. The molecule has 29 heteroatoms. The van der Waals surface area contributed by atoms with Crippen LogP contribution >= 0.6 is 0 Å². The maximum absolute atomic E-state index is 14.8. The Hall–Kier alpha value is -12.3. The van der Waals surface area contributed by atoms with Gasteiger partial charge in [0.25, 0.3) is 0 Å². The van der Waals surface area contributed by atoms with Crippen LogP contribution in [0.2, 0.25) is 0 Å². The minimum absolute atomic E-state index is 0.0788. The van der Waals surface area contributed by atoms with Gasteiger partial charge in [-0.05, 0) is 160 Å². The van der Waals surface area contributed by atoms with Crippen molar-refractivity contribution in [2.45, 2.75) is 194 Å². The Balaban J connectivity index is 0.000000161. The van der Waals surface area contributed by atoms with E-state index in [4.69, 9.17) is 47.9 Å². The first kappa shape index (κ1) is 90.4. The number of methoxy groups -OCH3 is 5. The summed E-state index contributed by atoms with van der Waals surface area (Å²) in [5, 5.41) is 0. The van der Waals surface area contributed by atoms with Gasteiger partial charge in [0.15, 0.2) is 0 Å². The van der Waals surface area contributed by atoms with Gasteiger partial charge in [-0.25, -0.2) is 43.1 Å². The second-order valence-electron chi connectivity index (χ2n) is 34.3. The molecule has 0 spiro atoms. The molecule has 6 atom stereocenters. The van der Waals surface area contributed by atoms with Gasteiger partial charge < -0.3 is 57.3 Å². The quantitative estimate of drug-likeness (QED) is 0.0278. The molecular weight excluding hydrogens is 1610 g/mol. The molecule has 3 aromatic heterocycles. The highest BCUT2D eigenvalue weighted by molar-refractivity contribution is 5.81. The summed E-state index contributed by atoms with van der Waals surface area (Å²) >= 11 is 0. The van der Waals surface area contributed by atoms with E-state index in [1.807, 2.05) is 117 Å². The van der Waals surface area contributed by atoms with Crippen molar-refractivity contribution in [3.05, 3.63) is 219 Å². The normalized spacial score (nSPS) is 18.8. The van der Waals surface area contributed by atoms with Crippen molar-refractivity contribution in [2.24, 2.45) is 0 Å². The number of benzene rings is 6. The fourth-order valence-corrected chi connectivity index (χ4v) is 16.7. The number of aromatic nitrogens is 4. The Bertz CT molecular complexity index is 5460. The fourth-order valence-electron chi connectivity index (χ4n) is 16.7. The molecule has 6 aliphatic rings. The Morgan fingerprint density at radius 2 is 0.920 bits per heavy atom. The zero-order valence-corrected chi connectivity index (χ0v) is 73.7. The van der Waals surface area contributed by atoms with Gasteiger partial charge in [-0.3, -0.25) is 24.3 Å². The minimum Gasteiger partial charge on any atom is -0.496 e. The number of ether oxygens (including phenoxy) is 9. The predicted molar refractivity (Wildman–Crippen MR) is 464 cm³/mol. The molecule has 6 saturated heterocycles. The molecule has 0 bridgehead atoms. The monoisotopic (exact) mass is 1720 g/mol. The lowest BCUT2D eigenvalue weighted by Gasteiger charge is -2.34. The smallest absolute Gasteiger partial charge is 0.496 e. The third kappa shape index (κ3) is 20.2. The van der Waals surface area contributed by atoms with Gasteiger partial charge in [0, 0.05) is 82.7 Å². The first-order chi connectivity index (χ1) is 59.4. The average Bonchev–Trinajstić information content (AvgIpc) is 1.68. The largest absolute Gasteiger partial charge is 0.573 e. The number of hydrogen-bond acceptors (Lipinski definition) is 21. The molecule has 9 aromatic rings. The van der Waals surface area contributed by atoms with E-state index in [1.165, 1.54) is 50.6 Å². The Morgan fingerprint density at radius 1 is 0.488 bits per heavy atom. The van der Waals surface area contributed by atoms with Crippen LogP contribution in [0.25, 0.3) is 33.4 Å². The summed E-state index contributed by atoms with van der Waals surface area (Å²) in [6.07, 6.45) is -4.63. The van der Waals surface area contributed by atoms with Gasteiger partial charge in [0.05, 0.1) is 116 Å². The number of aryl methyl sites for hydroxylation is 3. The molecule has 6 aliphatic heterocycles. The van der Waals surface area contributed by atoms with Crippen molar-refractivity contribution in [1.82, 2.24) is 34.6 Å². The minimum atomic E-state index is -4.88. The van der Waals surface area contributed by atoms with Crippen LogP contribution in [0.5, 0.6) is 23.0 Å². The highest BCUT2D eigenvalue weighted by Gasteiger charge is 2.45. The zero-order valence-electron chi connectivity index (χ0n) is 73.7. The van der Waals surface area contributed by atoms with E-state index in [9.17, 15) is 45.9 Å². The lowest BCUT2D eigenvalue weighted by Crippen LogP contribution is -2.49. The van der Waals surface area contributed by atoms with Gasteiger partial charge in [0.2, 0.25) is 5.95 Å². The number of pyridine rings is 2. The number of amides is 3. The molecule has 3 amide bonds. The van der Waals surface area contributed by atoms with E-state index in [0.717, 1.165) is 129 Å². The number of anilines is 3. The highest BCUT2D eigenvalue weighted by Crippen LogP contribution is 2.46. The van der Waals surface area contributed by atoms with E-state index in [0.29, 0.717) is 39.4 Å². The maximum atomic E-state index is 14.8. The summed E-state index contributed by atoms with van der Waals surface area (Å²) in [4.78, 5) is 94.3. The van der Waals surface area contributed by atoms with Crippen LogP contribution in [-0.4, -0.2) is 170 Å². The van der Waals surface area contributed by atoms with Crippen molar-refractivity contribution in [2.75, 3.05) is 89.5 Å². The van der Waals surface area contributed by atoms with Gasteiger partial charge in [-0.1, -0.05) is 125 Å². The van der Waals surface area contributed by atoms with Crippen LogP contribution in [-0.2, 0) is 63.7 Å². The van der Waals surface area contributed by atoms with Gasteiger partial charge in [-0.2, -0.15) is 0 Å². The second-order valence-corrected chi connectivity index (χ2v) is 34.3. The molecule has 125 heavy (non-hydrogen) atoms. The number of carbonyl (C=O) groups excluding carboxylic acids is 5. The summed E-state index contributed by atoms with van der Waals surface area (Å²) in [5.74, 6) is 2.13. The Kier molecular flexibility index (Phi) is 27.2. The highest BCUT2D eigenvalue weighted by atomic mass is 19.4. The van der Waals surface area contributed by atoms with Crippen LogP contribution in [0.4, 0.5) is 53.9 Å². The molecular formula is C96H109F5N10O14. The lowest BCUT2D eigenvalue weighted by molar-refractivity contribution is -0.274. The van der Waals surface area contributed by atoms with Crippen LogP contribution in [0, 0.1) is 26.6 Å². The van der Waals surface area contributed by atoms with E-state index < -0.39 is 53.2 Å². The third-order valence-corrected chi connectivity index (χ3v) is 24.2. The molecule has 24 nitrogen and oxygen atoms in total. The van der Waals surface area contributed by atoms with Crippen LogP contribution < -0.4 is 33.6 Å². The molecule has 6 aromatic carbocycles. The predicted octanol–water partition coefficient (Wildman–Crippen LogP) is 19.3. The summed E-state index contributed by atoms with van der Waals surface area (Å²) < 4.78 is 115. The molecule has 0 saturated carbocycles. The van der Waals surface area contributed by atoms with E-state index >= 15 is 0 Å². The van der Waals surface area contributed by atoms with Crippen LogP contribution in [0.1, 0.15) is 179 Å². The fraction of sp³-hybridized carbons (Fsp3) is 0.427. The molecule has 0 aliphatic carbocycles. The average molecular weight is 1720 g/mol. The van der Waals surface area contributed by atoms with Crippen LogP contribution in [0.15, 0.2) is 146 Å². The number of esters is 2. The van der Waals surface area contributed by atoms with Crippen molar-refractivity contribution in [1.29, 1.82) is 0 Å². The van der Waals surface area contributed by atoms with Gasteiger partial charge >= 0.3 is 36.6 Å². The number of nitrogens with zero attached hydrogens (tertiary/aromatic N) is 10. The molecule has 0 unspecified atom stereocenters. The molecule has 9 heterocycles. The molecule has 0 radical (unpaired) electrons. The number of rotatable bonds is 26.